The third kappa shape index (κ3) is 4.07. The van der Waals surface area contributed by atoms with Crippen molar-refractivity contribution in [1.82, 2.24) is 14.9 Å². The Morgan fingerprint density at radius 2 is 2.32 bits per heavy atom. The smallest absolute Gasteiger partial charge is 0.254 e. The van der Waals surface area contributed by atoms with E-state index in [2.05, 4.69) is 16.9 Å². The Balaban J connectivity index is 2.01. The molecule has 1 saturated heterocycles. The van der Waals surface area contributed by atoms with E-state index in [0.29, 0.717) is 28.9 Å². The van der Waals surface area contributed by atoms with Crippen LogP contribution in [0.15, 0.2) is 9.95 Å². The minimum atomic E-state index is -0.120. The fourth-order valence-corrected chi connectivity index (χ4v) is 4.45. The molecule has 1 aromatic rings. The summed E-state index contributed by atoms with van der Waals surface area (Å²) >= 11 is 3.27. The summed E-state index contributed by atoms with van der Waals surface area (Å²) in [7, 11) is 0. The van der Waals surface area contributed by atoms with Crippen LogP contribution >= 0.6 is 23.5 Å². The SMILES string of the molecule is CCC[C@@H]1SCCN1C(=O)CCc1c(C)nc(SC)[nH]c1=O. The molecular formula is C15H23N3O2S2. The van der Waals surface area contributed by atoms with Crippen LogP contribution in [0.1, 0.15) is 37.4 Å². The number of nitrogens with zero attached hydrogens (tertiary/aromatic N) is 2. The molecule has 1 N–H and O–H groups in total. The summed E-state index contributed by atoms with van der Waals surface area (Å²) in [6, 6.07) is 0. The first-order valence-electron chi connectivity index (χ1n) is 7.61. The standard InChI is InChI=1S/C15H23N3O2S2/c1-4-5-13-18(8-9-22-13)12(19)7-6-11-10(2)16-15(21-3)17-14(11)20/h13H,4-9H2,1-3H3,(H,16,17,20)/t13-/m0/s1. The van der Waals surface area contributed by atoms with Crippen molar-refractivity contribution in [3.05, 3.63) is 21.6 Å². The van der Waals surface area contributed by atoms with Gasteiger partial charge in [-0.2, -0.15) is 0 Å². The lowest BCUT2D eigenvalue weighted by atomic mass is 10.1. The van der Waals surface area contributed by atoms with Crippen LogP contribution in [0.5, 0.6) is 0 Å². The average Bonchev–Trinajstić information content (AvgIpc) is 2.94. The molecule has 0 aromatic carbocycles. The fraction of sp³-hybridized carbons (Fsp3) is 0.667. The van der Waals surface area contributed by atoms with Crippen molar-refractivity contribution in [2.24, 2.45) is 0 Å². The van der Waals surface area contributed by atoms with Crippen molar-refractivity contribution < 1.29 is 4.79 Å². The van der Waals surface area contributed by atoms with Gasteiger partial charge in [-0.05, 0) is 26.0 Å². The minimum absolute atomic E-state index is 0.120. The van der Waals surface area contributed by atoms with Gasteiger partial charge in [-0.1, -0.05) is 25.1 Å². The number of rotatable bonds is 6. The van der Waals surface area contributed by atoms with Gasteiger partial charge in [0.05, 0.1) is 5.37 Å². The van der Waals surface area contributed by atoms with Crippen molar-refractivity contribution in [2.75, 3.05) is 18.6 Å². The van der Waals surface area contributed by atoms with Gasteiger partial charge in [0.2, 0.25) is 5.91 Å². The number of H-pyrrole nitrogens is 1. The summed E-state index contributed by atoms with van der Waals surface area (Å²) in [5.74, 6) is 1.16. The Hall–Kier alpha value is -0.950. The van der Waals surface area contributed by atoms with Crippen LogP contribution in [0.2, 0.25) is 0 Å². The molecule has 0 radical (unpaired) electrons. The maximum atomic E-state index is 12.4. The molecule has 0 unspecified atom stereocenters. The number of aromatic nitrogens is 2. The van der Waals surface area contributed by atoms with Crippen molar-refractivity contribution in [2.45, 2.75) is 50.1 Å². The molecule has 5 nitrogen and oxygen atoms in total. The Morgan fingerprint density at radius 3 is 2.95 bits per heavy atom. The summed E-state index contributed by atoms with van der Waals surface area (Å²) in [6.45, 7) is 4.80. The van der Waals surface area contributed by atoms with E-state index in [1.807, 2.05) is 29.8 Å². The van der Waals surface area contributed by atoms with Crippen molar-refractivity contribution in [3.63, 3.8) is 0 Å². The van der Waals surface area contributed by atoms with Gasteiger partial charge in [-0.15, -0.1) is 11.8 Å². The van der Waals surface area contributed by atoms with E-state index >= 15 is 0 Å². The second kappa shape index (κ2) is 8.06. The van der Waals surface area contributed by atoms with E-state index in [-0.39, 0.29) is 11.5 Å². The molecule has 22 heavy (non-hydrogen) atoms. The van der Waals surface area contributed by atoms with Gasteiger partial charge in [0.1, 0.15) is 0 Å². The zero-order chi connectivity index (χ0) is 16.1. The molecule has 0 aliphatic carbocycles. The molecule has 7 heteroatoms. The molecule has 122 valence electrons. The highest BCUT2D eigenvalue weighted by Crippen LogP contribution is 2.28. The van der Waals surface area contributed by atoms with Gasteiger partial charge in [0.15, 0.2) is 5.16 Å². The normalized spacial score (nSPS) is 18.0. The average molecular weight is 342 g/mol. The van der Waals surface area contributed by atoms with E-state index in [9.17, 15) is 9.59 Å². The molecule has 1 amide bonds. The summed E-state index contributed by atoms with van der Waals surface area (Å²) in [4.78, 5) is 33.6. The molecule has 1 aromatic heterocycles. The Bertz CT molecular complexity index is 589. The molecule has 1 fully saturated rings. The van der Waals surface area contributed by atoms with Crippen LogP contribution in [0.3, 0.4) is 0 Å². The third-order valence-corrected chi connectivity index (χ3v) is 5.70. The first-order valence-corrected chi connectivity index (χ1v) is 9.89. The predicted octanol–water partition coefficient (Wildman–Crippen LogP) is 2.43. The monoisotopic (exact) mass is 341 g/mol. The number of nitrogens with one attached hydrogen (secondary N) is 1. The third-order valence-electron chi connectivity index (χ3n) is 3.83. The highest BCUT2D eigenvalue weighted by atomic mass is 32.2. The maximum Gasteiger partial charge on any atom is 0.254 e. The van der Waals surface area contributed by atoms with Crippen LogP contribution < -0.4 is 5.56 Å². The molecule has 0 saturated carbocycles. The lowest BCUT2D eigenvalue weighted by Gasteiger charge is -2.23. The van der Waals surface area contributed by atoms with E-state index < -0.39 is 0 Å². The number of aromatic amines is 1. The highest BCUT2D eigenvalue weighted by molar-refractivity contribution is 8.00. The van der Waals surface area contributed by atoms with Gasteiger partial charge >= 0.3 is 0 Å². The lowest BCUT2D eigenvalue weighted by molar-refractivity contribution is -0.131. The zero-order valence-corrected chi connectivity index (χ0v) is 15.0. The number of carbonyl (C=O) groups is 1. The first kappa shape index (κ1) is 17.4. The van der Waals surface area contributed by atoms with Crippen LogP contribution in [-0.2, 0) is 11.2 Å². The second-order valence-corrected chi connectivity index (χ2v) is 7.42. The van der Waals surface area contributed by atoms with Crippen LogP contribution in [-0.4, -0.2) is 44.7 Å². The molecule has 1 aliphatic heterocycles. The number of amides is 1. The number of hydrogen-bond donors (Lipinski definition) is 1. The van der Waals surface area contributed by atoms with E-state index in [1.165, 1.54) is 11.8 Å². The summed E-state index contributed by atoms with van der Waals surface area (Å²) < 4.78 is 0. The Kier molecular flexibility index (Phi) is 6.37. The molecule has 0 bridgehead atoms. The number of hydrogen-bond acceptors (Lipinski definition) is 5. The van der Waals surface area contributed by atoms with Crippen molar-refractivity contribution in [1.29, 1.82) is 0 Å². The van der Waals surface area contributed by atoms with E-state index in [4.69, 9.17) is 0 Å². The number of carbonyl (C=O) groups excluding carboxylic acids is 1. The predicted molar refractivity (Wildman–Crippen MR) is 92.6 cm³/mol. The molecule has 1 atom stereocenters. The number of thioether (sulfide) groups is 2. The minimum Gasteiger partial charge on any atom is -0.330 e. The van der Waals surface area contributed by atoms with Crippen LogP contribution in [0, 0.1) is 6.92 Å². The highest BCUT2D eigenvalue weighted by Gasteiger charge is 2.28. The van der Waals surface area contributed by atoms with Gasteiger partial charge in [0, 0.05) is 30.0 Å². The fourth-order valence-electron chi connectivity index (χ4n) is 2.64. The van der Waals surface area contributed by atoms with E-state index in [1.54, 1.807) is 0 Å². The largest absolute Gasteiger partial charge is 0.330 e. The lowest BCUT2D eigenvalue weighted by Crippen LogP contribution is -2.35. The van der Waals surface area contributed by atoms with Gasteiger partial charge in [-0.25, -0.2) is 4.98 Å². The van der Waals surface area contributed by atoms with Crippen LogP contribution in [0.25, 0.3) is 0 Å². The first-order chi connectivity index (χ1) is 10.6. The molecule has 0 spiro atoms. The molecule has 2 heterocycles. The van der Waals surface area contributed by atoms with Gasteiger partial charge in [0.25, 0.3) is 5.56 Å². The Morgan fingerprint density at radius 1 is 1.55 bits per heavy atom. The van der Waals surface area contributed by atoms with Gasteiger partial charge in [-0.3, -0.25) is 9.59 Å². The van der Waals surface area contributed by atoms with E-state index in [0.717, 1.165) is 30.8 Å². The zero-order valence-electron chi connectivity index (χ0n) is 13.3. The Labute approximate surface area is 139 Å². The van der Waals surface area contributed by atoms with Crippen molar-refractivity contribution >= 4 is 29.4 Å². The second-order valence-electron chi connectivity index (χ2n) is 5.34. The molecule has 2 rings (SSSR count). The quantitative estimate of drug-likeness (QED) is 0.636. The summed E-state index contributed by atoms with van der Waals surface area (Å²) in [5.41, 5.74) is 1.23. The van der Waals surface area contributed by atoms with Crippen molar-refractivity contribution in [3.8, 4) is 0 Å². The van der Waals surface area contributed by atoms with Crippen LogP contribution in [0.4, 0.5) is 0 Å². The number of aryl methyl sites for hydroxylation is 1. The molecule has 1 aliphatic rings. The maximum absolute atomic E-state index is 12.4. The van der Waals surface area contributed by atoms with Gasteiger partial charge < -0.3 is 9.88 Å². The topological polar surface area (TPSA) is 66.1 Å². The molecular weight excluding hydrogens is 318 g/mol. The summed E-state index contributed by atoms with van der Waals surface area (Å²) in [6.07, 6.45) is 4.84. The summed E-state index contributed by atoms with van der Waals surface area (Å²) in [5, 5.41) is 0.936.